The lowest BCUT2D eigenvalue weighted by Crippen LogP contribution is -2.52. The third kappa shape index (κ3) is 7.09. The van der Waals surface area contributed by atoms with Crippen LogP contribution in [0.3, 0.4) is 0 Å². The quantitative estimate of drug-likeness (QED) is 0.584. The smallest absolute Gasteiger partial charge is 0.317 e. The highest BCUT2D eigenvalue weighted by Gasteiger charge is 2.26. The van der Waals surface area contributed by atoms with Crippen LogP contribution >= 0.6 is 0 Å². The van der Waals surface area contributed by atoms with E-state index in [2.05, 4.69) is 23.3 Å². The molecule has 1 heterocycles. The molecule has 0 bridgehead atoms. The van der Waals surface area contributed by atoms with Gasteiger partial charge in [0.25, 0.3) is 0 Å². The average molecular weight is 422 g/mol. The maximum atomic E-state index is 12.4. The van der Waals surface area contributed by atoms with Crippen molar-refractivity contribution in [3.63, 3.8) is 0 Å². The molecule has 8 heteroatoms. The van der Waals surface area contributed by atoms with E-state index < -0.39 is 0 Å². The standard InChI is InChI=1S/C22H35N3O5/c1-5-30-21(26)10-12-23-22(27)25-13-6-7-18(16-25)24(2)14-11-17-8-9-19(28-3)20(15-17)29-4/h8-9,15,18H,5-7,10-14,16H2,1-4H3,(H,23,27)/t18-/m1/s1. The summed E-state index contributed by atoms with van der Waals surface area (Å²) in [7, 11) is 5.38. The van der Waals surface area contributed by atoms with Crippen molar-refractivity contribution < 1.29 is 23.8 Å². The first-order valence-electron chi connectivity index (χ1n) is 10.6. The van der Waals surface area contributed by atoms with Crippen molar-refractivity contribution in [2.75, 3.05) is 54.1 Å². The number of piperidine rings is 1. The summed E-state index contributed by atoms with van der Waals surface area (Å²) in [6.07, 6.45) is 3.12. The van der Waals surface area contributed by atoms with Gasteiger partial charge in [-0.05, 0) is 50.9 Å². The number of likely N-dealkylation sites (tertiary alicyclic amines) is 1. The van der Waals surface area contributed by atoms with Gasteiger partial charge in [0.1, 0.15) is 0 Å². The van der Waals surface area contributed by atoms with E-state index >= 15 is 0 Å². The zero-order valence-corrected chi connectivity index (χ0v) is 18.6. The van der Waals surface area contributed by atoms with Crippen molar-refractivity contribution in [2.24, 2.45) is 0 Å². The fourth-order valence-corrected chi connectivity index (χ4v) is 3.64. The summed E-state index contributed by atoms with van der Waals surface area (Å²) in [6, 6.07) is 6.19. The zero-order valence-electron chi connectivity index (χ0n) is 18.6. The van der Waals surface area contributed by atoms with Gasteiger partial charge in [-0.1, -0.05) is 6.07 Å². The predicted molar refractivity (Wildman–Crippen MR) is 115 cm³/mol. The van der Waals surface area contributed by atoms with Crippen molar-refractivity contribution in [3.8, 4) is 11.5 Å². The molecule has 1 aliphatic rings. The molecule has 168 valence electrons. The van der Waals surface area contributed by atoms with Gasteiger partial charge in [-0.2, -0.15) is 0 Å². The van der Waals surface area contributed by atoms with Gasteiger partial charge in [0.2, 0.25) is 0 Å². The van der Waals surface area contributed by atoms with Crippen molar-refractivity contribution in [1.82, 2.24) is 15.1 Å². The second-order valence-corrected chi connectivity index (χ2v) is 7.45. The Balaban J connectivity index is 1.80. The molecule has 1 saturated heterocycles. The first kappa shape index (κ1) is 23.8. The first-order valence-corrected chi connectivity index (χ1v) is 10.6. The summed E-state index contributed by atoms with van der Waals surface area (Å²) in [5.74, 6) is 1.18. The number of carbonyl (C=O) groups is 2. The molecule has 0 spiro atoms. The first-order chi connectivity index (χ1) is 14.5. The monoisotopic (exact) mass is 421 g/mol. The molecule has 0 radical (unpaired) electrons. The minimum Gasteiger partial charge on any atom is -0.493 e. The van der Waals surface area contributed by atoms with Gasteiger partial charge in [0.15, 0.2) is 11.5 Å². The molecule has 1 aliphatic heterocycles. The van der Waals surface area contributed by atoms with Crippen LogP contribution in [0.25, 0.3) is 0 Å². The minimum atomic E-state index is -0.288. The van der Waals surface area contributed by atoms with E-state index in [4.69, 9.17) is 14.2 Å². The molecule has 8 nitrogen and oxygen atoms in total. The summed E-state index contributed by atoms with van der Waals surface area (Å²) in [5.41, 5.74) is 1.18. The Morgan fingerprint density at radius 2 is 2.00 bits per heavy atom. The zero-order chi connectivity index (χ0) is 21.9. The number of benzene rings is 1. The van der Waals surface area contributed by atoms with E-state index in [1.54, 1.807) is 21.1 Å². The Bertz CT molecular complexity index is 697. The summed E-state index contributed by atoms with van der Waals surface area (Å²) >= 11 is 0. The van der Waals surface area contributed by atoms with Crippen LogP contribution in [0.4, 0.5) is 4.79 Å². The van der Waals surface area contributed by atoms with Crippen molar-refractivity contribution in [2.45, 2.75) is 38.6 Å². The molecular weight excluding hydrogens is 386 g/mol. The van der Waals surface area contributed by atoms with Gasteiger partial charge in [-0.3, -0.25) is 4.79 Å². The SMILES string of the molecule is CCOC(=O)CCNC(=O)N1CCC[C@@H](N(C)CCc2ccc(OC)c(OC)c2)C1. The third-order valence-corrected chi connectivity index (χ3v) is 5.42. The number of ether oxygens (including phenoxy) is 3. The van der Waals surface area contributed by atoms with Gasteiger partial charge in [0.05, 0.1) is 27.2 Å². The number of likely N-dealkylation sites (N-methyl/N-ethyl adjacent to an activating group) is 1. The third-order valence-electron chi connectivity index (χ3n) is 5.42. The van der Waals surface area contributed by atoms with Gasteiger partial charge in [-0.15, -0.1) is 0 Å². The lowest BCUT2D eigenvalue weighted by atomic mass is 10.0. The highest BCUT2D eigenvalue weighted by molar-refractivity contribution is 5.75. The fourth-order valence-electron chi connectivity index (χ4n) is 3.64. The van der Waals surface area contributed by atoms with Crippen LogP contribution in [0.5, 0.6) is 11.5 Å². The van der Waals surface area contributed by atoms with E-state index in [1.165, 1.54) is 5.56 Å². The van der Waals surface area contributed by atoms with Gasteiger partial charge < -0.3 is 29.3 Å². The Morgan fingerprint density at radius 3 is 2.70 bits per heavy atom. The second-order valence-electron chi connectivity index (χ2n) is 7.45. The van der Waals surface area contributed by atoms with E-state index in [0.29, 0.717) is 25.7 Å². The fraction of sp³-hybridized carbons (Fsp3) is 0.636. The van der Waals surface area contributed by atoms with Crippen LogP contribution < -0.4 is 14.8 Å². The summed E-state index contributed by atoms with van der Waals surface area (Å²) in [5, 5.41) is 2.82. The summed E-state index contributed by atoms with van der Waals surface area (Å²) < 4.78 is 15.6. The average Bonchev–Trinajstić information content (AvgIpc) is 2.77. The largest absolute Gasteiger partial charge is 0.493 e. The number of esters is 1. The number of methoxy groups -OCH3 is 2. The van der Waals surface area contributed by atoms with Crippen LogP contribution in [0.15, 0.2) is 18.2 Å². The van der Waals surface area contributed by atoms with E-state index in [-0.39, 0.29) is 18.4 Å². The van der Waals surface area contributed by atoms with Gasteiger partial charge in [0, 0.05) is 32.2 Å². The molecule has 1 fully saturated rings. The number of nitrogens with one attached hydrogen (secondary N) is 1. The van der Waals surface area contributed by atoms with E-state index in [0.717, 1.165) is 43.9 Å². The maximum absolute atomic E-state index is 12.4. The molecule has 1 atom stereocenters. The number of nitrogens with zero attached hydrogens (tertiary/aromatic N) is 2. The predicted octanol–water partition coefficient (Wildman–Crippen LogP) is 2.31. The van der Waals surface area contributed by atoms with Crippen molar-refractivity contribution in [3.05, 3.63) is 23.8 Å². The Labute approximate surface area is 179 Å². The van der Waals surface area contributed by atoms with Crippen LogP contribution in [0.1, 0.15) is 31.7 Å². The molecule has 0 unspecified atom stereocenters. The number of amides is 2. The molecule has 0 aromatic heterocycles. The molecule has 2 rings (SSSR count). The number of urea groups is 1. The maximum Gasteiger partial charge on any atom is 0.317 e. The molecule has 1 N–H and O–H groups in total. The topological polar surface area (TPSA) is 80.3 Å². The summed E-state index contributed by atoms with van der Waals surface area (Å²) in [4.78, 5) is 28.0. The Kier molecular flexibility index (Phi) is 9.73. The number of hydrogen-bond acceptors (Lipinski definition) is 6. The van der Waals surface area contributed by atoms with Crippen LogP contribution in [0, 0.1) is 0 Å². The molecule has 0 aliphatic carbocycles. The van der Waals surface area contributed by atoms with Crippen LogP contribution in [0.2, 0.25) is 0 Å². The minimum absolute atomic E-state index is 0.114. The number of rotatable bonds is 10. The molecule has 2 amide bonds. The number of hydrogen-bond donors (Lipinski definition) is 1. The Hall–Kier alpha value is -2.48. The second kappa shape index (κ2) is 12.3. The van der Waals surface area contributed by atoms with Crippen LogP contribution in [-0.2, 0) is 16.0 Å². The van der Waals surface area contributed by atoms with Gasteiger partial charge in [-0.25, -0.2) is 4.79 Å². The lowest BCUT2D eigenvalue weighted by molar-refractivity contribution is -0.142. The van der Waals surface area contributed by atoms with E-state index in [9.17, 15) is 9.59 Å². The normalized spacial score (nSPS) is 16.3. The molecule has 30 heavy (non-hydrogen) atoms. The van der Waals surface area contributed by atoms with Crippen LogP contribution in [-0.4, -0.2) is 81.9 Å². The number of carbonyl (C=O) groups excluding carboxylic acids is 2. The molecular formula is C22H35N3O5. The van der Waals surface area contributed by atoms with Crippen molar-refractivity contribution >= 4 is 12.0 Å². The summed E-state index contributed by atoms with van der Waals surface area (Å²) in [6.45, 7) is 4.74. The van der Waals surface area contributed by atoms with Gasteiger partial charge >= 0.3 is 12.0 Å². The highest BCUT2D eigenvalue weighted by atomic mass is 16.5. The molecule has 1 aromatic rings. The highest BCUT2D eigenvalue weighted by Crippen LogP contribution is 2.28. The Morgan fingerprint density at radius 1 is 1.23 bits per heavy atom. The van der Waals surface area contributed by atoms with Crippen molar-refractivity contribution in [1.29, 1.82) is 0 Å². The molecule has 1 aromatic carbocycles. The molecule has 0 saturated carbocycles. The van der Waals surface area contributed by atoms with E-state index in [1.807, 2.05) is 17.0 Å². The lowest BCUT2D eigenvalue weighted by Gasteiger charge is -2.37.